The van der Waals surface area contributed by atoms with Crippen LogP contribution < -0.4 is 42.0 Å². The van der Waals surface area contributed by atoms with Crippen LogP contribution in [0.3, 0.4) is 0 Å². The lowest BCUT2D eigenvalue weighted by Gasteiger charge is -2.39. The lowest BCUT2D eigenvalue weighted by molar-refractivity contribution is -0.0235. The number of rotatable bonds is 23. The van der Waals surface area contributed by atoms with E-state index in [2.05, 4.69) is 24.3 Å². The molecule has 0 saturated carbocycles. The number of nitrogens with zero attached hydrogens (tertiary/aromatic N) is 1. The van der Waals surface area contributed by atoms with E-state index in [9.17, 15) is 4.79 Å². The Morgan fingerprint density at radius 1 is 0.661 bits per heavy atom. The zero-order valence-corrected chi connectivity index (χ0v) is 36.5. The van der Waals surface area contributed by atoms with Gasteiger partial charge in [-0.05, 0) is 142 Å². The van der Waals surface area contributed by atoms with E-state index in [-0.39, 0.29) is 5.78 Å². The Morgan fingerprint density at radius 3 is 1.90 bits per heavy atom. The summed E-state index contributed by atoms with van der Waals surface area (Å²) >= 11 is 0. The van der Waals surface area contributed by atoms with Crippen LogP contribution in [0.5, 0.6) is 17.2 Å². The van der Waals surface area contributed by atoms with Crippen molar-refractivity contribution in [3.8, 4) is 28.4 Å². The smallest absolute Gasteiger partial charge is 0.196 e. The summed E-state index contributed by atoms with van der Waals surface area (Å²) in [5.74, 6) is 1.96. The van der Waals surface area contributed by atoms with Crippen LogP contribution in [0.25, 0.3) is 11.1 Å². The monoisotopic (exact) mass is 837 g/mol. The molecule has 10 heteroatoms. The van der Waals surface area contributed by atoms with Gasteiger partial charge in [-0.1, -0.05) is 60.5 Å². The second kappa shape index (κ2) is 22.0. The fourth-order valence-corrected chi connectivity index (χ4v) is 7.66. The molecule has 0 heterocycles. The van der Waals surface area contributed by atoms with Crippen molar-refractivity contribution in [2.75, 3.05) is 56.9 Å². The molecule has 0 spiro atoms. The number of allylic oxidation sites excluding steroid dienone is 1. The Kier molecular flexibility index (Phi) is 16.1. The van der Waals surface area contributed by atoms with E-state index >= 15 is 0 Å². The Labute approximate surface area is 367 Å². The Balaban J connectivity index is 0.947. The number of ether oxygens (including phenoxy) is 4. The number of carbonyl (C=O) groups is 1. The first-order valence-corrected chi connectivity index (χ1v) is 21.8. The maximum Gasteiger partial charge on any atom is 0.196 e. The molecule has 10 nitrogen and oxygen atoms in total. The van der Waals surface area contributed by atoms with Gasteiger partial charge in [-0.25, -0.2) is 0 Å². The van der Waals surface area contributed by atoms with Crippen molar-refractivity contribution in [1.29, 1.82) is 0 Å². The molecule has 326 valence electrons. The van der Waals surface area contributed by atoms with Crippen LogP contribution in [0.15, 0.2) is 133 Å². The van der Waals surface area contributed by atoms with Gasteiger partial charge in [0.1, 0.15) is 22.8 Å². The lowest BCUT2D eigenvalue weighted by atomic mass is 9.80. The molecule has 0 amide bonds. The molecular formula is C52H63N5O5. The van der Waals surface area contributed by atoms with Gasteiger partial charge in [-0.15, -0.1) is 0 Å². The average Bonchev–Trinajstić information content (AvgIpc) is 3.28. The van der Waals surface area contributed by atoms with Gasteiger partial charge >= 0.3 is 0 Å². The molecule has 0 aromatic heterocycles. The van der Waals surface area contributed by atoms with Crippen molar-refractivity contribution in [3.63, 3.8) is 0 Å². The molecule has 0 aliphatic heterocycles. The fourth-order valence-electron chi connectivity index (χ4n) is 7.66. The third-order valence-corrected chi connectivity index (χ3v) is 11.2. The van der Waals surface area contributed by atoms with Crippen LogP contribution in [-0.2, 0) is 10.3 Å². The van der Waals surface area contributed by atoms with Gasteiger partial charge in [0.05, 0.1) is 37.1 Å². The van der Waals surface area contributed by atoms with Crippen LogP contribution >= 0.6 is 0 Å². The number of anilines is 3. The van der Waals surface area contributed by atoms with Crippen LogP contribution in [0.1, 0.15) is 78.4 Å². The maximum absolute atomic E-state index is 13.5. The SMILES string of the molecule is Cc1ccc(OCCCCCCOC2(c3c(N)ccc(OCCCCCCOc4ccc(-c5ccccc5)cc4)c3N)C=CC(N)=CC2N)c(C(=O)c2ccc(N(C)C)cc2)c1. The van der Waals surface area contributed by atoms with E-state index in [4.69, 9.17) is 41.9 Å². The predicted octanol–water partition coefficient (Wildman–Crippen LogP) is 9.73. The van der Waals surface area contributed by atoms with E-state index in [1.807, 2.05) is 105 Å². The zero-order valence-electron chi connectivity index (χ0n) is 36.5. The standard InChI is InChI=1S/C52H63N5O5/c1-37-17-27-46(44(35-37)51(58)40-18-22-42(23-19-40)57(2)3)60-32-12-6-7-14-34-62-52(30-29-41(53)36-48(52)55)49-45(54)26-28-47(50(49)56)61-33-13-5-4-11-31-59-43-24-20-39(21-25-43)38-15-9-8-10-16-38/h8-10,15-30,35-36,48H,4-7,11-14,31-34,53-56H2,1-3H3. The molecule has 0 saturated heterocycles. The number of carbonyl (C=O) groups excluding carboxylic acids is 1. The first-order chi connectivity index (χ1) is 30.1. The summed E-state index contributed by atoms with van der Waals surface area (Å²) in [4.78, 5) is 15.5. The highest BCUT2D eigenvalue weighted by Crippen LogP contribution is 2.44. The van der Waals surface area contributed by atoms with Crippen LogP contribution in [0, 0.1) is 6.92 Å². The van der Waals surface area contributed by atoms with E-state index < -0.39 is 11.6 Å². The Bertz CT molecular complexity index is 2270. The summed E-state index contributed by atoms with van der Waals surface area (Å²) in [6, 6.07) is 34.9. The highest BCUT2D eigenvalue weighted by atomic mass is 16.5. The molecular weight excluding hydrogens is 775 g/mol. The second-order valence-electron chi connectivity index (χ2n) is 16.1. The van der Waals surface area contributed by atoms with Gasteiger partial charge in [0.25, 0.3) is 0 Å². The van der Waals surface area contributed by atoms with Gasteiger partial charge in [-0.3, -0.25) is 4.79 Å². The normalized spacial score (nSPS) is 15.8. The van der Waals surface area contributed by atoms with Gasteiger partial charge in [0, 0.05) is 48.9 Å². The number of aryl methyl sites for hydroxylation is 1. The summed E-state index contributed by atoms with van der Waals surface area (Å²) < 4.78 is 25.0. The van der Waals surface area contributed by atoms with Crippen molar-refractivity contribution < 1.29 is 23.7 Å². The van der Waals surface area contributed by atoms with E-state index in [1.165, 1.54) is 11.1 Å². The molecule has 0 fully saturated rings. The van der Waals surface area contributed by atoms with Gasteiger partial charge in [0.15, 0.2) is 5.78 Å². The van der Waals surface area contributed by atoms with Crippen LogP contribution in [0.4, 0.5) is 17.1 Å². The number of ketones is 1. The highest BCUT2D eigenvalue weighted by molar-refractivity contribution is 6.11. The number of nitrogen functional groups attached to an aromatic ring is 2. The van der Waals surface area contributed by atoms with Crippen molar-refractivity contribution in [3.05, 3.63) is 155 Å². The molecule has 2 unspecified atom stereocenters. The minimum Gasteiger partial charge on any atom is -0.494 e. The number of hydrogen-bond donors (Lipinski definition) is 4. The molecule has 6 rings (SSSR count). The quantitative estimate of drug-likeness (QED) is 0.0283. The zero-order chi connectivity index (χ0) is 43.9. The molecule has 1 aliphatic carbocycles. The molecule has 5 aromatic carbocycles. The van der Waals surface area contributed by atoms with E-state index in [0.717, 1.165) is 68.4 Å². The topological polar surface area (TPSA) is 161 Å². The summed E-state index contributed by atoms with van der Waals surface area (Å²) in [7, 11) is 3.95. The number of unbranched alkanes of at least 4 members (excludes halogenated alkanes) is 6. The van der Waals surface area contributed by atoms with Crippen molar-refractivity contribution in [2.45, 2.75) is 69.9 Å². The van der Waals surface area contributed by atoms with Crippen molar-refractivity contribution in [1.82, 2.24) is 0 Å². The predicted molar refractivity (Wildman–Crippen MR) is 253 cm³/mol. The lowest BCUT2D eigenvalue weighted by Crippen LogP contribution is -2.48. The third-order valence-electron chi connectivity index (χ3n) is 11.2. The Hall–Kier alpha value is -6.23. The molecule has 2 atom stereocenters. The van der Waals surface area contributed by atoms with Crippen LogP contribution in [-0.4, -0.2) is 52.3 Å². The molecule has 0 radical (unpaired) electrons. The first kappa shape index (κ1) is 45.3. The molecule has 5 aromatic rings. The highest BCUT2D eigenvalue weighted by Gasteiger charge is 2.42. The molecule has 62 heavy (non-hydrogen) atoms. The number of nitrogens with two attached hydrogens (primary N) is 4. The number of benzene rings is 5. The largest absolute Gasteiger partial charge is 0.494 e. The Morgan fingerprint density at radius 2 is 1.26 bits per heavy atom. The van der Waals surface area contributed by atoms with Gasteiger partial charge in [-0.2, -0.15) is 0 Å². The molecule has 0 bridgehead atoms. The van der Waals surface area contributed by atoms with Gasteiger partial charge in [0.2, 0.25) is 0 Å². The third kappa shape index (κ3) is 11.8. The minimum atomic E-state index is -1.12. The summed E-state index contributed by atoms with van der Waals surface area (Å²) in [5, 5.41) is 0. The summed E-state index contributed by atoms with van der Waals surface area (Å²) in [5.41, 5.74) is 32.9. The molecule has 8 N–H and O–H groups in total. The van der Waals surface area contributed by atoms with E-state index in [1.54, 1.807) is 24.3 Å². The van der Waals surface area contributed by atoms with Crippen molar-refractivity contribution in [2.24, 2.45) is 11.5 Å². The van der Waals surface area contributed by atoms with E-state index in [0.29, 0.717) is 71.7 Å². The minimum absolute atomic E-state index is 0.0554. The first-order valence-electron chi connectivity index (χ1n) is 21.8. The summed E-state index contributed by atoms with van der Waals surface area (Å²) in [6.07, 6.45) is 12.7. The average molecular weight is 838 g/mol. The maximum atomic E-state index is 13.5. The fraction of sp³-hybridized carbons (Fsp3) is 0.327. The van der Waals surface area contributed by atoms with Crippen molar-refractivity contribution >= 4 is 22.8 Å². The number of hydrogen-bond acceptors (Lipinski definition) is 10. The summed E-state index contributed by atoms with van der Waals surface area (Å²) in [6.45, 7) is 4.06. The van der Waals surface area contributed by atoms with Gasteiger partial charge < -0.3 is 46.8 Å². The van der Waals surface area contributed by atoms with Crippen LogP contribution in [0.2, 0.25) is 0 Å². The second-order valence-corrected chi connectivity index (χ2v) is 16.1. The molecule has 1 aliphatic rings.